The van der Waals surface area contributed by atoms with Crippen molar-refractivity contribution in [2.24, 2.45) is 0 Å². The Kier molecular flexibility index (Phi) is 2.99. The minimum Gasteiger partial charge on any atom is -0.487 e. The highest BCUT2D eigenvalue weighted by Gasteiger charge is 2.18. The lowest BCUT2D eigenvalue weighted by Gasteiger charge is -2.13. The predicted octanol–water partition coefficient (Wildman–Crippen LogP) is 2.96. The van der Waals surface area contributed by atoms with Crippen LogP contribution in [0.25, 0.3) is 0 Å². The molecule has 2 rings (SSSR count). The normalized spacial score (nSPS) is 16.6. The van der Waals surface area contributed by atoms with Gasteiger partial charge in [-0.05, 0) is 43.9 Å². The van der Waals surface area contributed by atoms with Gasteiger partial charge in [-0.1, -0.05) is 0 Å². The Morgan fingerprint density at radius 1 is 1.33 bits per heavy atom. The average Bonchev–Trinajstić information content (AvgIpc) is 2.74. The van der Waals surface area contributed by atoms with E-state index in [4.69, 9.17) is 4.74 Å². The third kappa shape index (κ3) is 2.35. The van der Waals surface area contributed by atoms with Crippen molar-refractivity contribution >= 4 is 6.29 Å². The Morgan fingerprint density at radius 2 is 2.07 bits per heavy atom. The minimum atomic E-state index is -0.452. The number of halogens is 1. The first-order chi connectivity index (χ1) is 7.29. The number of aldehydes is 1. The Balaban J connectivity index is 2.10. The number of ether oxygens (including phenoxy) is 1. The van der Waals surface area contributed by atoms with E-state index in [0.717, 1.165) is 25.7 Å². The van der Waals surface area contributed by atoms with E-state index in [-0.39, 0.29) is 11.9 Å². The Labute approximate surface area is 88.1 Å². The van der Waals surface area contributed by atoms with E-state index in [0.29, 0.717) is 11.8 Å². The molecule has 1 aliphatic rings. The molecule has 0 aromatic heterocycles. The van der Waals surface area contributed by atoms with Gasteiger partial charge in [0.1, 0.15) is 6.29 Å². The van der Waals surface area contributed by atoms with Crippen molar-refractivity contribution in [2.75, 3.05) is 0 Å². The molecule has 0 N–H and O–H groups in total. The third-order valence-electron chi connectivity index (χ3n) is 2.69. The topological polar surface area (TPSA) is 26.3 Å². The van der Waals surface area contributed by atoms with Gasteiger partial charge in [0, 0.05) is 5.56 Å². The van der Waals surface area contributed by atoms with Crippen molar-refractivity contribution in [1.29, 1.82) is 0 Å². The fourth-order valence-corrected chi connectivity index (χ4v) is 1.87. The summed E-state index contributed by atoms with van der Waals surface area (Å²) in [6.45, 7) is 0. The molecule has 1 aromatic carbocycles. The molecule has 0 bridgehead atoms. The summed E-state index contributed by atoms with van der Waals surface area (Å²) in [6, 6.07) is 4.30. The summed E-state index contributed by atoms with van der Waals surface area (Å²) in [7, 11) is 0. The second-order valence-corrected chi connectivity index (χ2v) is 3.83. The SMILES string of the molecule is O=Cc1ccc(OC2CCCC2)c(F)c1. The maximum atomic E-state index is 13.4. The lowest BCUT2D eigenvalue weighted by molar-refractivity contribution is 0.112. The number of benzene rings is 1. The van der Waals surface area contributed by atoms with E-state index in [1.807, 2.05) is 0 Å². The number of rotatable bonds is 3. The van der Waals surface area contributed by atoms with Crippen molar-refractivity contribution in [2.45, 2.75) is 31.8 Å². The van der Waals surface area contributed by atoms with Gasteiger partial charge in [-0.25, -0.2) is 4.39 Å². The van der Waals surface area contributed by atoms with E-state index in [1.165, 1.54) is 12.1 Å². The van der Waals surface area contributed by atoms with Crippen LogP contribution in [-0.2, 0) is 0 Å². The molecule has 0 saturated heterocycles. The molecule has 0 unspecified atom stereocenters. The lowest BCUT2D eigenvalue weighted by Crippen LogP contribution is -2.11. The summed E-state index contributed by atoms with van der Waals surface area (Å²) in [5.74, 6) is -0.195. The molecule has 0 radical (unpaired) electrons. The molecule has 0 aliphatic heterocycles. The lowest BCUT2D eigenvalue weighted by atomic mass is 10.2. The number of carbonyl (C=O) groups excluding carboxylic acids is 1. The summed E-state index contributed by atoms with van der Waals surface area (Å²) in [6.07, 6.45) is 5.06. The van der Waals surface area contributed by atoms with Crippen molar-refractivity contribution < 1.29 is 13.9 Å². The van der Waals surface area contributed by atoms with Gasteiger partial charge < -0.3 is 4.74 Å². The Hall–Kier alpha value is -1.38. The first-order valence-electron chi connectivity index (χ1n) is 5.21. The Bertz CT molecular complexity index is 357. The zero-order valence-corrected chi connectivity index (χ0v) is 8.41. The number of hydrogen-bond acceptors (Lipinski definition) is 2. The summed E-state index contributed by atoms with van der Waals surface area (Å²) >= 11 is 0. The molecule has 0 amide bonds. The van der Waals surface area contributed by atoms with Gasteiger partial charge >= 0.3 is 0 Å². The molecule has 15 heavy (non-hydrogen) atoms. The molecular weight excluding hydrogens is 195 g/mol. The van der Waals surface area contributed by atoms with Crippen LogP contribution in [0.15, 0.2) is 18.2 Å². The van der Waals surface area contributed by atoms with Crippen LogP contribution in [0.3, 0.4) is 0 Å². The van der Waals surface area contributed by atoms with Gasteiger partial charge in [-0.2, -0.15) is 0 Å². The standard InChI is InChI=1S/C12H13FO2/c13-11-7-9(8-14)5-6-12(11)15-10-3-1-2-4-10/h5-8,10H,1-4H2. The fourth-order valence-electron chi connectivity index (χ4n) is 1.87. The highest BCUT2D eigenvalue weighted by Crippen LogP contribution is 2.26. The van der Waals surface area contributed by atoms with Crippen LogP contribution in [0.1, 0.15) is 36.0 Å². The van der Waals surface area contributed by atoms with E-state index < -0.39 is 5.82 Å². The maximum absolute atomic E-state index is 13.4. The van der Waals surface area contributed by atoms with Crippen molar-refractivity contribution in [3.8, 4) is 5.75 Å². The second kappa shape index (κ2) is 4.43. The number of carbonyl (C=O) groups is 1. The average molecular weight is 208 g/mol. The molecule has 0 atom stereocenters. The zero-order chi connectivity index (χ0) is 10.7. The highest BCUT2D eigenvalue weighted by atomic mass is 19.1. The maximum Gasteiger partial charge on any atom is 0.165 e. The Morgan fingerprint density at radius 3 is 2.67 bits per heavy atom. The van der Waals surface area contributed by atoms with Crippen molar-refractivity contribution in [1.82, 2.24) is 0 Å². The monoisotopic (exact) mass is 208 g/mol. The fraction of sp³-hybridized carbons (Fsp3) is 0.417. The summed E-state index contributed by atoms with van der Waals surface area (Å²) < 4.78 is 18.9. The first-order valence-corrected chi connectivity index (χ1v) is 5.21. The van der Waals surface area contributed by atoms with Gasteiger partial charge in [-0.3, -0.25) is 4.79 Å². The van der Waals surface area contributed by atoms with Crippen LogP contribution in [0.5, 0.6) is 5.75 Å². The quantitative estimate of drug-likeness (QED) is 0.714. The molecule has 0 spiro atoms. The zero-order valence-electron chi connectivity index (χ0n) is 8.41. The highest BCUT2D eigenvalue weighted by molar-refractivity contribution is 5.74. The first kappa shape index (κ1) is 10.1. The molecule has 1 aliphatic carbocycles. The van der Waals surface area contributed by atoms with E-state index >= 15 is 0 Å². The molecule has 0 heterocycles. The number of hydrogen-bond donors (Lipinski definition) is 0. The van der Waals surface area contributed by atoms with Crippen molar-refractivity contribution in [3.05, 3.63) is 29.6 Å². The summed E-state index contributed by atoms with van der Waals surface area (Å²) in [5.41, 5.74) is 0.339. The molecule has 2 nitrogen and oxygen atoms in total. The van der Waals surface area contributed by atoms with E-state index in [9.17, 15) is 9.18 Å². The van der Waals surface area contributed by atoms with Crippen LogP contribution in [0.4, 0.5) is 4.39 Å². The van der Waals surface area contributed by atoms with Crippen LogP contribution in [0, 0.1) is 5.82 Å². The van der Waals surface area contributed by atoms with E-state index in [1.54, 1.807) is 6.07 Å². The van der Waals surface area contributed by atoms with Gasteiger partial charge in [0.25, 0.3) is 0 Å². The van der Waals surface area contributed by atoms with Gasteiger partial charge in [0.05, 0.1) is 6.10 Å². The van der Waals surface area contributed by atoms with Crippen LogP contribution < -0.4 is 4.74 Å². The van der Waals surface area contributed by atoms with Gasteiger partial charge in [0.15, 0.2) is 11.6 Å². The molecule has 1 saturated carbocycles. The van der Waals surface area contributed by atoms with Crippen molar-refractivity contribution in [3.63, 3.8) is 0 Å². The van der Waals surface area contributed by atoms with Gasteiger partial charge in [-0.15, -0.1) is 0 Å². The molecular formula is C12H13FO2. The second-order valence-electron chi connectivity index (χ2n) is 3.83. The summed E-state index contributed by atoms with van der Waals surface area (Å²) in [5, 5.41) is 0. The van der Waals surface area contributed by atoms with Crippen LogP contribution in [-0.4, -0.2) is 12.4 Å². The van der Waals surface area contributed by atoms with E-state index in [2.05, 4.69) is 0 Å². The minimum absolute atomic E-state index is 0.140. The van der Waals surface area contributed by atoms with Gasteiger partial charge in [0.2, 0.25) is 0 Å². The largest absolute Gasteiger partial charge is 0.487 e. The third-order valence-corrected chi connectivity index (χ3v) is 2.69. The predicted molar refractivity (Wildman–Crippen MR) is 54.7 cm³/mol. The smallest absolute Gasteiger partial charge is 0.165 e. The van der Waals surface area contributed by atoms with Crippen LogP contribution >= 0.6 is 0 Å². The molecule has 1 aromatic rings. The van der Waals surface area contributed by atoms with Crippen LogP contribution in [0.2, 0.25) is 0 Å². The molecule has 1 fully saturated rings. The molecule has 80 valence electrons. The summed E-state index contributed by atoms with van der Waals surface area (Å²) in [4.78, 5) is 10.4. The molecule has 3 heteroatoms.